The van der Waals surface area contributed by atoms with Crippen LogP contribution in [0.3, 0.4) is 0 Å². The summed E-state index contributed by atoms with van der Waals surface area (Å²) in [4.78, 5) is 35.9. The third-order valence-electron chi connectivity index (χ3n) is 11.3. The summed E-state index contributed by atoms with van der Waals surface area (Å²) in [5, 5.41) is 50.2. The number of ether oxygens (including phenoxy) is 3. The van der Waals surface area contributed by atoms with Crippen LogP contribution in [-0.4, -0.2) is 111 Å². The van der Waals surface area contributed by atoms with E-state index in [1.165, 1.54) is 38.5 Å². The van der Waals surface area contributed by atoms with Crippen LogP contribution in [0.25, 0.3) is 0 Å². The summed E-state index contributed by atoms with van der Waals surface area (Å²) < 4.78 is 39.3. The standard InChI is InChI=1S/C49H83O14P/c1-3-5-7-9-11-13-15-17-18-19-20-21-23-25-27-29-31-35-42(50)59-37-39(38-60-64(57,58)63-49-47(55)45(53)44(52)46(54)48(49)56)61-43(51)36-32-34-41-40(62-41)33-30-28-26-24-22-16-14-12-10-8-6-4-2/h11-14,17-18,22,24,28,30,39-41,44-49,52-56H,3-10,15-16,19-21,23,25-27,29,31-38H2,1-2H3,(H,57,58)/b13-11-,14-12-,18-17-,24-22-,30-28-/t39-,40?,41?,44?,45-,46+,47-,48-,49?/m1/s1. The number of hydrogen-bond acceptors (Lipinski definition) is 13. The summed E-state index contributed by atoms with van der Waals surface area (Å²) in [6.07, 6.45) is 31.3. The predicted octanol–water partition coefficient (Wildman–Crippen LogP) is 8.71. The lowest BCUT2D eigenvalue weighted by atomic mass is 9.85. The van der Waals surface area contributed by atoms with Gasteiger partial charge in [0.15, 0.2) is 6.10 Å². The molecule has 2 aliphatic rings. The van der Waals surface area contributed by atoms with Crippen LogP contribution in [0, 0.1) is 0 Å². The Kier molecular flexibility index (Phi) is 32.1. The molecule has 0 spiro atoms. The lowest BCUT2D eigenvalue weighted by Gasteiger charge is -2.41. The van der Waals surface area contributed by atoms with E-state index in [-0.39, 0.29) is 25.0 Å². The molecular formula is C49H83O14P. The molecule has 368 valence electrons. The number of epoxide rings is 1. The van der Waals surface area contributed by atoms with Gasteiger partial charge in [0.05, 0.1) is 18.8 Å². The van der Waals surface area contributed by atoms with E-state index in [1.54, 1.807) is 0 Å². The Morgan fingerprint density at radius 2 is 1.03 bits per heavy atom. The van der Waals surface area contributed by atoms with Crippen molar-refractivity contribution >= 4 is 19.8 Å². The number of hydrogen-bond donors (Lipinski definition) is 6. The zero-order valence-electron chi connectivity index (χ0n) is 38.8. The van der Waals surface area contributed by atoms with Crippen LogP contribution in [0.1, 0.15) is 168 Å². The van der Waals surface area contributed by atoms with Gasteiger partial charge in [-0.25, -0.2) is 4.57 Å². The van der Waals surface area contributed by atoms with Gasteiger partial charge in [-0.05, 0) is 83.5 Å². The normalized spacial score (nSPS) is 25.2. The predicted molar refractivity (Wildman–Crippen MR) is 248 cm³/mol. The summed E-state index contributed by atoms with van der Waals surface area (Å²) in [5.74, 6) is -1.19. The van der Waals surface area contributed by atoms with Crippen LogP contribution in [0.5, 0.6) is 0 Å². The Labute approximate surface area is 383 Å². The van der Waals surface area contributed by atoms with Crippen LogP contribution in [0.2, 0.25) is 0 Å². The van der Waals surface area contributed by atoms with Crippen LogP contribution < -0.4 is 0 Å². The maximum Gasteiger partial charge on any atom is 0.472 e. The molecule has 14 nitrogen and oxygen atoms in total. The molecule has 0 aromatic carbocycles. The number of phosphoric ester groups is 1. The number of carbonyl (C=O) groups excluding carboxylic acids is 2. The quantitative estimate of drug-likeness (QED) is 0.0112. The molecular weight excluding hydrogens is 843 g/mol. The number of esters is 2. The van der Waals surface area contributed by atoms with E-state index in [4.69, 9.17) is 23.3 Å². The fraction of sp³-hybridized carbons (Fsp3) is 0.755. The summed E-state index contributed by atoms with van der Waals surface area (Å²) in [7, 11) is -5.15. The average molecular weight is 927 g/mol. The van der Waals surface area contributed by atoms with Gasteiger partial charge in [0.1, 0.15) is 43.2 Å². The van der Waals surface area contributed by atoms with E-state index in [2.05, 4.69) is 74.6 Å². The molecule has 10 atom stereocenters. The minimum Gasteiger partial charge on any atom is -0.462 e. The molecule has 1 aliphatic heterocycles. The second-order valence-electron chi connectivity index (χ2n) is 17.0. The van der Waals surface area contributed by atoms with Gasteiger partial charge in [0.2, 0.25) is 0 Å². The van der Waals surface area contributed by atoms with Crippen LogP contribution in [0.15, 0.2) is 60.8 Å². The molecule has 64 heavy (non-hydrogen) atoms. The molecule has 0 aromatic heterocycles. The SMILES string of the molecule is CCCCC/C=C\C/C=C\C/C=C\CC1OC1CCCC(=O)O[C@H](COC(=O)CCCCCCCCC/C=C\C/C=C\CCCCC)COP(=O)(O)OC1[C@H](O)[C@H](O)C(O)[C@H](O)[C@H]1O. The first-order valence-electron chi connectivity index (χ1n) is 24.2. The molecule has 0 bridgehead atoms. The highest BCUT2D eigenvalue weighted by Crippen LogP contribution is 2.47. The maximum absolute atomic E-state index is 12.9. The molecule has 1 aliphatic carbocycles. The van der Waals surface area contributed by atoms with E-state index in [1.807, 2.05) is 0 Å². The smallest absolute Gasteiger partial charge is 0.462 e. The van der Waals surface area contributed by atoms with E-state index >= 15 is 0 Å². The molecule has 2 rings (SSSR count). The van der Waals surface area contributed by atoms with Gasteiger partial charge in [-0.2, -0.15) is 0 Å². The van der Waals surface area contributed by atoms with Crippen molar-refractivity contribution in [3.05, 3.63) is 60.8 Å². The minimum atomic E-state index is -5.15. The maximum atomic E-state index is 12.9. The van der Waals surface area contributed by atoms with Gasteiger partial charge in [-0.3, -0.25) is 18.6 Å². The van der Waals surface area contributed by atoms with Crippen molar-refractivity contribution in [3.8, 4) is 0 Å². The second-order valence-corrected chi connectivity index (χ2v) is 18.4. The molecule has 1 saturated carbocycles. The van der Waals surface area contributed by atoms with Crippen molar-refractivity contribution in [2.75, 3.05) is 13.2 Å². The van der Waals surface area contributed by atoms with Crippen LogP contribution in [-0.2, 0) is 37.4 Å². The molecule has 15 heteroatoms. The third-order valence-corrected chi connectivity index (χ3v) is 12.2. The molecule has 2 fully saturated rings. The van der Waals surface area contributed by atoms with Crippen LogP contribution >= 0.6 is 7.82 Å². The minimum absolute atomic E-state index is 0.00408. The zero-order chi connectivity index (χ0) is 46.8. The Balaban J connectivity index is 1.73. The largest absolute Gasteiger partial charge is 0.472 e. The van der Waals surface area contributed by atoms with Crippen molar-refractivity contribution in [2.24, 2.45) is 0 Å². The fourth-order valence-corrected chi connectivity index (χ4v) is 8.20. The monoisotopic (exact) mass is 927 g/mol. The highest BCUT2D eigenvalue weighted by atomic mass is 31.2. The highest BCUT2D eigenvalue weighted by Gasteiger charge is 2.51. The van der Waals surface area contributed by atoms with Crippen molar-refractivity contribution in [3.63, 3.8) is 0 Å². The van der Waals surface area contributed by atoms with Crippen molar-refractivity contribution in [1.82, 2.24) is 0 Å². The van der Waals surface area contributed by atoms with Gasteiger partial charge >= 0.3 is 19.8 Å². The number of aliphatic hydroxyl groups is 5. The van der Waals surface area contributed by atoms with E-state index in [0.717, 1.165) is 83.5 Å². The number of unbranched alkanes of at least 4 members (excludes halogenated alkanes) is 13. The summed E-state index contributed by atoms with van der Waals surface area (Å²) in [6.45, 7) is 3.18. The Bertz CT molecular complexity index is 1420. The lowest BCUT2D eigenvalue weighted by Crippen LogP contribution is -2.64. The number of carbonyl (C=O) groups is 2. The summed E-state index contributed by atoms with van der Waals surface area (Å²) in [6, 6.07) is 0. The van der Waals surface area contributed by atoms with Crippen LogP contribution in [0.4, 0.5) is 0 Å². The highest BCUT2D eigenvalue weighted by molar-refractivity contribution is 7.47. The van der Waals surface area contributed by atoms with Crippen molar-refractivity contribution < 1.29 is 67.8 Å². The van der Waals surface area contributed by atoms with Gasteiger partial charge in [0.25, 0.3) is 0 Å². The first-order chi connectivity index (χ1) is 30.9. The lowest BCUT2D eigenvalue weighted by molar-refractivity contribution is -0.220. The van der Waals surface area contributed by atoms with Gasteiger partial charge in [-0.15, -0.1) is 0 Å². The molecule has 1 saturated heterocycles. The number of aliphatic hydroxyl groups excluding tert-OH is 5. The van der Waals surface area contributed by atoms with E-state index in [0.29, 0.717) is 19.3 Å². The molecule has 5 unspecified atom stereocenters. The number of allylic oxidation sites excluding steroid dienone is 9. The van der Waals surface area contributed by atoms with Crippen molar-refractivity contribution in [1.29, 1.82) is 0 Å². The zero-order valence-corrected chi connectivity index (χ0v) is 39.6. The molecule has 6 N–H and O–H groups in total. The van der Waals surface area contributed by atoms with Gasteiger partial charge in [-0.1, -0.05) is 132 Å². The third kappa shape index (κ3) is 27.2. The summed E-state index contributed by atoms with van der Waals surface area (Å²) >= 11 is 0. The average Bonchev–Trinajstić information content (AvgIpc) is 4.03. The first kappa shape index (κ1) is 57.6. The molecule has 0 radical (unpaired) electrons. The Hall–Kier alpha value is -2.49. The fourth-order valence-electron chi connectivity index (χ4n) is 7.23. The second kappa shape index (κ2) is 35.7. The number of phosphoric acid groups is 1. The summed E-state index contributed by atoms with van der Waals surface area (Å²) in [5.41, 5.74) is 0. The van der Waals surface area contributed by atoms with Gasteiger partial charge < -0.3 is 44.6 Å². The Morgan fingerprint density at radius 1 is 0.562 bits per heavy atom. The topological polar surface area (TPSA) is 222 Å². The van der Waals surface area contributed by atoms with E-state index < -0.39 is 75.7 Å². The Morgan fingerprint density at radius 3 is 1.59 bits per heavy atom. The molecule has 1 heterocycles. The molecule has 0 amide bonds. The van der Waals surface area contributed by atoms with Crippen molar-refractivity contribution in [2.45, 2.75) is 223 Å². The van der Waals surface area contributed by atoms with Gasteiger partial charge in [0, 0.05) is 12.8 Å². The molecule has 0 aromatic rings. The van der Waals surface area contributed by atoms with E-state index in [9.17, 15) is 44.6 Å². The first-order valence-corrected chi connectivity index (χ1v) is 25.7. The number of rotatable bonds is 38.